The average Bonchev–Trinajstić information content (AvgIpc) is 1.81. The molecule has 0 heterocycles. The van der Waals surface area contributed by atoms with Crippen molar-refractivity contribution in [3.05, 3.63) is 13.8 Å². The van der Waals surface area contributed by atoms with E-state index in [1.165, 1.54) is 0 Å². The van der Waals surface area contributed by atoms with Crippen LogP contribution in [-0.4, -0.2) is 0 Å². The SMILES string of the molecule is [CH2]C#CCC#CC[CH2]. The molecular weight excluding hydrogens is 96.1 g/mol. The lowest BCUT2D eigenvalue weighted by Gasteiger charge is -1.67. The molecule has 0 amide bonds. The molecule has 0 saturated heterocycles. The predicted molar refractivity (Wildman–Crippen MR) is 35.5 cm³/mol. The lowest BCUT2D eigenvalue weighted by molar-refractivity contribution is 1.45. The summed E-state index contributed by atoms with van der Waals surface area (Å²) in [6, 6.07) is 0. The highest BCUT2D eigenvalue weighted by atomic mass is 13.7. The van der Waals surface area contributed by atoms with Crippen molar-refractivity contribution < 1.29 is 0 Å². The van der Waals surface area contributed by atoms with E-state index in [4.69, 9.17) is 0 Å². The van der Waals surface area contributed by atoms with Crippen molar-refractivity contribution >= 4 is 0 Å². The molecule has 0 fully saturated rings. The van der Waals surface area contributed by atoms with Crippen LogP contribution in [0, 0.1) is 37.5 Å². The van der Waals surface area contributed by atoms with Crippen LogP contribution in [0.5, 0.6) is 0 Å². The summed E-state index contributed by atoms with van der Waals surface area (Å²) in [6.45, 7) is 6.88. The first-order valence-corrected chi connectivity index (χ1v) is 2.41. The van der Waals surface area contributed by atoms with Crippen molar-refractivity contribution in [3.8, 4) is 23.7 Å². The number of hydrogen-bond acceptors (Lipinski definition) is 0. The molecular formula is C8H8. The Morgan fingerprint density at radius 3 is 2.38 bits per heavy atom. The van der Waals surface area contributed by atoms with Gasteiger partial charge in [0.2, 0.25) is 0 Å². The molecule has 0 spiro atoms. The van der Waals surface area contributed by atoms with Gasteiger partial charge in [-0.25, -0.2) is 0 Å². The highest BCUT2D eigenvalue weighted by Crippen LogP contribution is 1.71. The molecule has 0 rings (SSSR count). The van der Waals surface area contributed by atoms with Crippen LogP contribution in [0.3, 0.4) is 0 Å². The van der Waals surface area contributed by atoms with E-state index in [9.17, 15) is 0 Å². The molecule has 0 bridgehead atoms. The van der Waals surface area contributed by atoms with E-state index in [1.807, 2.05) is 0 Å². The third-order valence-corrected chi connectivity index (χ3v) is 0.552. The van der Waals surface area contributed by atoms with E-state index in [2.05, 4.69) is 37.5 Å². The van der Waals surface area contributed by atoms with Crippen molar-refractivity contribution in [1.82, 2.24) is 0 Å². The maximum absolute atomic E-state index is 3.55. The maximum Gasteiger partial charge on any atom is 0.0702 e. The van der Waals surface area contributed by atoms with Gasteiger partial charge < -0.3 is 0 Å². The van der Waals surface area contributed by atoms with Crippen LogP contribution in [-0.2, 0) is 0 Å². The number of rotatable bonds is 0. The summed E-state index contributed by atoms with van der Waals surface area (Å²) in [5.74, 6) is 10.8. The van der Waals surface area contributed by atoms with Gasteiger partial charge in [-0.05, 0) is 6.92 Å². The van der Waals surface area contributed by atoms with Gasteiger partial charge in [0.1, 0.15) is 0 Å². The Morgan fingerprint density at radius 1 is 1.12 bits per heavy atom. The van der Waals surface area contributed by atoms with Crippen LogP contribution < -0.4 is 0 Å². The van der Waals surface area contributed by atoms with Crippen LogP contribution >= 0.6 is 0 Å². The third-order valence-electron chi connectivity index (χ3n) is 0.552. The highest BCUT2D eigenvalue weighted by molar-refractivity contribution is 5.12. The Kier molecular flexibility index (Phi) is 5.45. The second-order valence-electron chi connectivity index (χ2n) is 1.13. The smallest absolute Gasteiger partial charge is 0.0702 e. The number of hydrogen-bond donors (Lipinski definition) is 0. The molecule has 0 N–H and O–H groups in total. The minimum atomic E-state index is 0.624. The first-order valence-electron chi connectivity index (χ1n) is 2.41. The molecule has 0 unspecified atom stereocenters. The summed E-state index contributed by atoms with van der Waals surface area (Å²) >= 11 is 0. The minimum Gasteiger partial charge on any atom is -0.102 e. The first kappa shape index (κ1) is 7.12. The summed E-state index contributed by atoms with van der Waals surface area (Å²) in [4.78, 5) is 0. The molecule has 8 heavy (non-hydrogen) atoms. The fourth-order valence-corrected chi connectivity index (χ4v) is 0.258. The fraction of sp³-hybridized carbons (Fsp3) is 0.250. The van der Waals surface area contributed by atoms with Crippen molar-refractivity contribution in [1.29, 1.82) is 0 Å². The van der Waals surface area contributed by atoms with Crippen LogP contribution in [0.15, 0.2) is 0 Å². The molecule has 40 valence electrons. The molecule has 0 heteroatoms. The van der Waals surface area contributed by atoms with E-state index in [-0.39, 0.29) is 0 Å². The molecule has 0 aromatic heterocycles. The quantitative estimate of drug-likeness (QED) is 0.408. The Labute approximate surface area is 51.3 Å². The first-order chi connectivity index (χ1) is 3.91. The Bertz CT molecular complexity index is 144. The maximum atomic E-state index is 3.55. The zero-order chi connectivity index (χ0) is 6.24. The van der Waals surface area contributed by atoms with E-state index in [0.717, 1.165) is 0 Å². The Morgan fingerprint density at radius 2 is 1.88 bits per heavy atom. The van der Waals surface area contributed by atoms with Gasteiger partial charge in [0.15, 0.2) is 0 Å². The predicted octanol–water partition coefficient (Wildman–Crippen LogP) is 1.44. The molecule has 0 atom stereocenters. The summed E-state index contributed by atoms with van der Waals surface area (Å²) in [5, 5.41) is 0. The summed E-state index contributed by atoms with van der Waals surface area (Å²) in [7, 11) is 0. The molecule has 0 aromatic carbocycles. The van der Waals surface area contributed by atoms with Crippen LogP contribution in [0.4, 0.5) is 0 Å². The zero-order valence-corrected chi connectivity index (χ0v) is 4.83. The topological polar surface area (TPSA) is 0 Å². The Balaban J connectivity index is 3.24. The molecule has 0 aliphatic heterocycles. The van der Waals surface area contributed by atoms with Crippen LogP contribution in [0.1, 0.15) is 12.8 Å². The monoisotopic (exact) mass is 104 g/mol. The molecule has 0 saturated carbocycles. The van der Waals surface area contributed by atoms with E-state index in [1.54, 1.807) is 0 Å². The highest BCUT2D eigenvalue weighted by Gasteiger charge is 1.61. The molecule has 2 radical (unpaired) electrons. The minimum absolute atomic E-state index is 0.624. The van der Waals surface area contributed by atoms with Gasteiger partial charge in [-0.1, -0.05) is 11.8 Å². The molecule has 0 aliphatic carbocycles. The van der Waals surface area contributed by atoms with E-state index >= 15 is 0 Å². The van der Waals surface area contributed by atoms with Gasteiger partial charge in [-0.15, -0.1) is 11.8 Å². The van der Waals surface area contributed by atoms with Gasteiger partial charge in [-0.2, -0.15) is 0 Å². The summed E-state index contributed by atoms with van der Waals surface area (Å²) in [5.41, 5.74) is 0. The molecule has 0 nitrogen and oxygen atoms in total. The van der Waals surface area contributed by atoms with Crippen molar-refractivity contribution in [2.24, 2.45) is 0 Å². The van der Waals surface area contributed by atoms with Gasteiger partial charge in [0.25, 0.3) is 0 Å². The lowest BCUT2D eigenvalue weighted by Crippen LogP contribution is -1.58. The van der Waals surface area contributed by atoms with Gasteiger partial charge in [0.05, 0.1) is 6.42 Å². The van der Waals surface area contributed by atoms with E-state index in [0.29, 0.717) is 12.8 Å². The molecule has 0 aliphatic rings. The second-order valence-corrected chi connectivity index (χ2v) is 1.13. The summed E-state index contributed by atoms with van der Waals surface area (Å²) < 4.78 is 0. The van der Waals surface area contributed by atoms with Gasteiger partial charge in [-0.3, -0.25) is 0 Å². The van der Waals surface area contributed by atoms with Gasteiger partial charge >= 0.3 is 0 Å². The standard InChI is InChI=1S/C8H8/c1-3-5-7-8-6-4-2/h1-3,8H2. The van der Waals surface area contributed by atoms with Crippen molar-refractivity contribution in [3.63, 3.8) is 0 Å². The fourth-order valence-electron chi connectivity index (χ4n) is 0.258. The van der Waals surface area contributed by atoms with Crippen molar-refractivity contribution in [2.45, 2.75) is 12.8 Å². The van der Waals surface area contributed by atoms with Gasteiger partial charge in [0, 0.05) is 13.3 Å². The van der Waals surface area contributed by atoms with E-state index < -0.39 is 0 Å². The lowest BCUT2D eigenvalue weighted by atomic mass is 10.4. The van der Waals surface area contributed by atoms with Crippen LogP contribution in [0.25, 0.3) is 0 Å². The Hall–Kier alpha value is -0.880. The normalized spacial score (nSPS) is 5.75. The van der Waals surface area contributed by atoms with Crippen molar-refractivity contribution in [2.75, 3.05) is 0 Å². The summed E-state index contributed by atoms with van der Waals surface area (Å²) in [6.07, 6.45) is 1.29. The van der Waals surface area contributed by atoms with Crippen LogP contribution in [0.2, 0.25) is 0 Å². The average molecular weight is 104 g/mol. The second kappa shape index (κ2) is 6.12. The molecule has 0 aromatic rings. The zero-order valence-electron chi connectivity index (χ0n) is 4.83. The largest absolute Gasteiger partial charge is 0.102 e. The third kappa shape index (κ3) is 5.12.